The van der Waals surface area contributed by atoms with E-state index in [9.17, 15) is 39.3 Å². The van der Waals surface area contributed by atoms with Crippen LogP contribution in [0.4, 0.5) is 32.3 Å². The number of allylic oxidation sites excluding steroid dienone is 2. The van der Waals surface area contributed by atoms with Crippen molar-refractivity contribution < 1.29 is 39.0 Å². The number of hydrogen-bond donors (Lipinski definition) is 6. The van der Waals surface area contributed by atoms with Gasteiger partial charge in [-0.1, -0.05) is 86.0 Å². The SMILES string of the molecule is N#Cc1cccc(NC(=O)N(Cc2ccc(C(=O)NCCC(=O)O)cc2)c2ccc(C3=CCCCC3)cc2)c1.N#Cc1cccc(NC(=O)N(Cc2ccc(C(=O)NCCC(=O)O)cc2)c2ccc(C3CCCCC3)cc2)c1. The van der Waals surface area contributed by atoms with E-state index in [-0.39, 0.29) is 62.9 Å². The normalized spacial score (nSPS) is 12.9. The molecule has 16 heteroatoms. The number of aliphatic carboxylic acids is 2. The number of urea groups is 2. The van der Waals surface area contributed by atoms with Gasteiger partial charge in [-0.3, -0.25) is 29.0 Å². The Balaban J connectivity index is 0.000000226. The molecule has 2 aliphatic carbocycles. The molecule has 0 unspecified atom stereocenters. The van der Waals surface area contributed by atoms with Gasteiger partial charge in [0.2, 0.25) is 0 Å². The lowest BCUT2D eigenvalue weighted by Crippen LogP contribution is -2.34. The number of carboxylic acids is 2. The summed E-state index contributed by atoms with van der Waals surface area (Å²) in [6.45, 7) is 0.595. The summed E-state index contributed by atoms with van der Waals surface area (Å²) in [7, 11) is 0. The minimum absolute atomic E-state index is 0.0454. The molecule has 6 aromatic rings. The predicted octanol–water partition coefficient (Wildman–Crippen LogP) is 12.0. The van der Waals surface area contributed by atoms with E-state index in [2.05, 4.69) is 51.6 Å². The summed E-state index contributed by atoms with van der Waals surface area (Å²) in [5, 5.41) is 46.9. The number of amides is 6. The largest absolute Gasteiger partial charge is 0.481 e. The van der Waals surface area contributed by atoms with Gasteiger partial charge in [0.15, 0.2) is 0 Å². The van der Waals surface area contributed by atoms with Crippen molar-refractivity contribution in [3.05, 3.63) is 196 Å². The highest BCUT2D eigenvalue weighted by atomic mass is 16.4. The van der Waals surface area contributed by atoms with Gasteiger partial charge in [-0.15, -0.1) is 0 Å². The molecule has 0 aliphatic heterocycles. The predicted molar refractivity (Wildman–Crippen MR) is 300 cm³/mol. The third kappa shape index (κ3) is 16.7. The van der Waals surface area contributed by atoms with Crippen molar-refractivity contribution in [2.24, 2.45) is 0 Å². The maximum atomic E-state index is 13.5. The summed E-state index contributed by atoms with van der Waals surface area (Å²) in [6.07, 6.45) is 12.7. The minimum atomic E-state index is -0.980. The van der Waals surface area contributed by atoms with Crippen LogP contribution in [-0.4, -0.2) is 59.1 Å². The third-order valence-corrected chi connectivity index (χ3v) is 13.5. The topological polar surface area (TPSA) is 245 Å². The van der Waals surface area contributed by atoms with Gasteiger partial charge >= 0.3 is 24.0 Å². The fourth-order valence-corrected chi connectivity index (χ4v) is 9.25. The molecule has 2 aliphatic rings. The molecule has 6 N–H and O–H groups in total. The first-order valence-electron chi connectivity index (χ1n) is 26.1. The van der Waals surface area contributed by atoms with Gasteiger partial charge in [-0.05, 0) is 157 Å². The van der Waals surface area contributed by atoms with Crippen molar-refractivity contribution in [1.29, 1.82) is 10.5 Å². The maximum absolute atomic E-state index is 13.5. The second-order valence-corrected chi connectivity index (χ2v) is 19.1. The average Bonchev–Trinajstić information content (AvgIpc) is 3.48. The first-order chi connectivity index (χ1) is 37.8. The zero-order chi connectivity index (χ0) is 55.2. The summed E-state index contributed by atoms with van der Waals surface area (Å²) in [4.78, 5) is 76.1. The molecule has 6 amide bonds. The van der Waals surface area contributed by atoms with E-state index >= 15 is 0 Å². The molecule has 8 rings (SSSR count). The van der Waals surface area contributed by atoms with Crippen LogP contribution in [0.5, 0.6) is 0 Å². The monoisotopic (exact) mass is 1050 g/mol. The highest BCUT2D eigenvalue weighted by Gasteiger charge is 2.22. The number of benzene rings is 6. The van der Waals surface area contributed by atoms with E-state index in [1.54, 1.807) is 107 Å². The molecule has 0 bridgehead atoms. The molecule has 0 aromatic heterocycles. The molecule has 1 saturated carbocycles. The second kappa shape index (κ2) is 28.4. The van der Waals surface area contributed by atoms with E-state index in [1.807, 2.05) is 36.4 Å². The number of carboxylic acid groups (broad SMARTS) is 2. The van der Waals surface area contributed by atoms with Crippen LogP contribution in [0.25, 0.3) is 5.57 Å². The maximum Gasteiger partial charge on any atom is 0.326 e. The van der Waals surface area contributed by atoms with Gasteiger partial charge in [-0.25, -0.2) is 9.59 Å². The summed E-state index contributed by atoms with van der Waals surface area (Å²) < 4.78 is 0. The number of carbonyl (C=O) groups is 6. The van der Waals surface area contributed by atoms with Crippen molar-refractivity contribution in [1.82, 2.24) is 10.6 Å². The van der Waals surface area contributed by atoms with Crippen LogP contribution in [0.1, 0.15) is 131 Å². The Morgan fingerprint density at radius 2 is 1.00 bits per heavy atom. The van der Waals surface area contributed by atoms with Crippen LogP contribution in [0.2, 0.25) is 0 Å². The smallest absolute Gasteiger partial charge is 0.326 e. The number of hydrogen-bond acceptors (Lipinski definition) is 8. The lowest BCUT2D eigenvalue weighted by molar-refractivity contribution is -0.137. The quantitative estimate of drug-likeness (QED) is 0.0475. The molecule has 0 saturated heterocycles. The number of carbonyl (C=O) groups excluding carboxylic acids is 4. The Bertz CT molecular complexity index is 3170. The van der Waals surface area contributed by atoms with Crippen LogP contribution in [0, 0.1) is 22.7 Å². The number of anilines is 4. The Kier molecular flexibility index (Phi) is 20.4. The number of nitriles is 2. The van der Waals surface area contributed by atoms with Crippen molar-refractivity contribution in [2.75, 3.05) is 33.5 Å². The summed E-state index contributed by atoms with van der Waals surface area (Å²) in [5.41, 5.74) is 9.58. The molecule has 6 aromatic carbocycles. The lowest BCUT2D eigenvalue weighted by atomic mass is 9.84. The van der Waals surface area contributed by atoms with Crippen LogP contribution < -0.4 is 31.1 Å². The van der Waals surface area contributed by atoms with E-state index < -0.39 is 11.9 Å². The Labute approximate surface area is 454 Å². The Morgan fingerprint density at radius 1 is 0.538 bits per heavy atom. The lowest BCUT2D eigenvalue weighted by Gasteiger charge is -2.26. The number of nitrogens with one attached hydrogen (secondary N) is 4. The fraction of sp³-hybridized carbons (Fsp3) is 0.258. The van der Waals surface area contributed by atoms with Gasteiger partial charge in [0.1, 0.15) is 0 Å². The zero-order valence-electron chi connectivity index (χ0n) is 43.3. The van der Waals surface area contributed by atoms with Crippen molar-refractivity contribution in [3.63, 3.8) is 0 Å². The summed E-state index contributed by atoms with van der Waals surface area (Å²) in [5.74, 6) is -2.12. The molecule has 0 heterocycles. The van der Waals surface area contributed by atoms with Crippen LogP contribution in [-0.2, 0) is 22.7 Å². The molecule has 398 valence electrons. The molecule has 0 spiro atoms. The van der Waals surface area contributed by atoms with E-state index in [0.29, 0.717) is 45.2 Å². The summed E-state index contributed by atoms with van der Waals surface area (Å²) in [6, 6.07) is 46.7. The van der Waals surface area contributed by atoms with Crippen LogP contribution in [0.3, 0.4) is 0 Å². The average molecular weight is 1050 g/mol. The molecule has 78 heavy (non-hydrogen) atoms. The molecule has 1 fully saturated rings. The van der Waals surface area contributed by atoms with Gasteiger partial charge in [0.25, 0.3) is 11.8 Å². The molecular weight excluding hydrogens is 985 g/mol. The first kappa shape index (κ1) is 56.2. The molecular formula is C62H62N8O8. The standard InChI is InChI=1S/C31H32N4O4.C31H30N4O4/c2*32-20-23-5-4-8-27(19-23)34-31(39)35(28-15-13-25(14-16-28)24-6-2-1-3-7-24)21-22-9-11-26(12-10-22)30(38)33-18-17-29(36)37/h4-5,8-16,19,24H,1-3,6-7,17-18,21H2,(H,33,38)(H,34,39)(H,36,37);4-6,8-16,19H,1-3,7,17-18,21H2,(H,33,38)(H,34,39)(H,36,37). The van der Waals surface area contributed by atoms with Gasteiger partial charge in [-0.2, -0.15) is 10.5 Å². The van der Waals surface area contributed by atoms with Crippen LogP contribution in [0.15, 0.2) is 152 Å². The van der Waals surface area contributed by atoms with Crippen molar-refractivity contribution in [2.45, 2.75) is 89.6 Å². The van der Waals surface area contributed by atoms with Gasteiger partial charge in [0, 0.05) is 47.0 Å². The second-order valence-electron chi connectivity index (χ2n) is 19.1. The highest BCUT2D eigenvalue weighted by molar-refractivity contribution is 6.03. The summed E-state index contributed by atoms with van der Waals surface area (Å²) >= 11 is 0. The first-order valence-corrected chi connectivity index (χ1v) is 26.1. The molecule has 0 atom stereocenters. The zero-order valence-corrected chi connectivity index (χ0v) is 43.3. The highest BCUT2D eigenvalue weighted by Crippen LogP contribution is 2.34. The molecule has 16 nitrogen and oxygen atoms in total. The van der Waals surface area contributed by atoms with Gasteiger partial charge < -0.3 is 31.5 Å². The number of rotatable bonds is 18. The Morgan fingerprint density at radius 3 is 1.42 bits per heavy atom. The minimum Gasteiger partial charge on any atom is -0.481 e. The van der Waals surface area contributed by atoms with E-state index in [0.717, 1.165) is 35.2 Å². The van der Waals surface area contributed by atoms with E-state index in [4.69, 9.17) is 10.2 Å². The van der Waals surface area contributed by atoms with Crippen molar-refractivity contribution in [3.8, 4) is 12.1 Å². The van der Waals surface area contributed by atoms with Crippen LogP contribution >= 0.6 is 0 Å². The Hall–Kier alpha value is -9.54. The van der Waals surface area contributed by atoms with E-state index in [1.165, 1.54) is 56.1 Å². The fourth-order valence-electron chi connectivity index (χ4n) is 9.25. The third-order valence-electron chi connectivity index (χ3n) is 13.5. The van der Waals surface area contributed by atoms with Gasteiger partial charge in [0.05, 0.1) is 49.2 Å². The van der Waals surface area contributed by atoms with Crippen molar-refractivity contribution >= 4 is 64.1 Å². The number of nitrogens with zero attached hydrogens (tertiary/aromatic N) is 4. The molecule has 0 radical (unpaired) electrons.